The number of rotatable bonds is 5. The van der Waals surface area contributed by atoms with Gasteiger partial charge in [0, 0.05) is 31.7 Å². The van der Waals surface area contributed by atoms with E-state index in [-0.39, 0.29) is 17.0 Å². The molecule has 0 bridgehead atoms. The Morgan fingerprint density at radius 1 is 1.17 bits per heavy atom. The molecule has 0 spiro atoms. The van der Waals surface area contributed by atoms with Crippen LogP contribution in [0.1, 0.15) is 46.3 Å². The SMILES string of the molecule is CN1CCCC1CC(=O)N1CCc2c(cn(Cc3ccccc3)c(=O)c2C(N)=O)C1. The summed E-state index contributed by atoms with van der Waals surface area (Å²) >= 11 is 0. The van der Waals surface area contributed by atoms with Crippen molar-refractivity contribution in [1.82, 2.24) is 14.4 Å². The van der Waals surface area contributed by atoms with E-state index in [0.29, 0.717) is 44.1 Å². The first-order valence-electron chi connectivity index (χ1n) is 10.5. The van der Waals surface area contributed by atoms with Gasteiger partial charge < -0.3 is 20.1 Å². The van der Waals surface area contributed by atoms with Crippen LogP contribution in [-0.4, -0.2) is 52.4 Å². The lowest BCUT2D eigenvalue weighted by atomic mass is 9.95. The molecule has 30 heavy (non-hydrogen) atoms. The quantitative estimate of drug-likeness (QED) is 0.809. The Morgan fingerprint density at radius 2 is 1.93 bits per heavy atom. The van der Waals surface area contributed by atoms with Gasteiger partial charge in [-0.05, 0) is 49.5 Å². The Balaban J connectivity index is 1.61. The van der Waals surface area contributed by atoms with Gasteiger partial charge in [0.25, 0.3) is 11.5 Å². The molecule has 2 N–H and O–H groups in total. The summed E-state index contributed by atoms with van der Waals surface area (Å²) in [6.45, 7) is 2.30. The Morgan fingerprint density at radius 3 is 2.60 bits per heavy atom. The minimum absolute atomic E-state index is 0.0612. The highest BCUT2D eigenvalue weighted by Gasteiger charge is 2.30. The van der Waals surface area contributed by atoms with Gasteiger partial charge in [-0.2, -0.15) is 0 Å². The Hall–Kier alpha value is -2.93. The molecule has 7 heteroatoms. The minimum Gasteiger partial charge on any atom is -0.365 e. The molecule has 7 nitrogen and oxygen atoms in total. The van der Waals surface area contributed by atoms with Gasteiger partial charge in [0.15, 0.2) is 0 Å². The smallest absolute Gasteiger partial charge is 0.264 e. The number of carbonyl (C=O) groups is 2. The van der Waals surface area contributed by atoms with Crippen molar-refractivity contribution in [1.29, 1.82) is 0 Å². The number of nitrogens with two attached hydrogens (primary N) is 1. The van der Waals surface area contributed by atoms with Crippen LogP contribution in [-0.2, 0) is 24.3 Å². The van der Waals surface area contributed by atoms with Gasteiger partial charge in [-0.15, -0.1) is 0 Å². The van der Waals surface area contributed by atoms with Crippen LogP contribution in [0.5, 0.6) is 0 Å². The van der Waals surface area contributed by atoms with Gasteiger partial charge in [-0.3, -0.25) is 14.4 Å². The summed E-state index contributed by atoms with van der Waals surface area (Å²) in [5.41, 5.74) is 7.77. The number of likely N-dealkylation sites (tertiary alicyclic amines) is 1. The van der Waals surface area contributed by atoms with E-state index < -0.39 is 5.91 Å². The summed E-state index contributed by atoms with van der Waals surface area (Å²) in [5, 5.41) is 0. The number of hydrogen-bond donors (Lipinski definition) is 1. The molecule has 1 unspecified atom stereocenters. The van der Waals surface area contributed by atoms with Gasteiger partial charge in [-0.1, -0.05) is 30.3 Å². The molecule has 0 radical (unpaired) electrons. The third-order valence-electron chi connectivity index (χ3n) is 6.35. The second-order valence-electron chi connectivity index (χ2n) is 8.34. The third-order valence-corrected chi connectivity index (χ3v) is 6.35. The normalized spacial score (nSPS) is 19.0. The molecular formula is C23H28N4O3. The minimum atomic E-state index is -0.703. The molecule has 158 valence electrons. The number of primary amides is 1. The molecule has 2 aliphatic heterocycles. The highest BCUT2D eigenvalue weighted by Crippen LogP contribution is 2.24. The fourth-order valence-electron chi connectivity index (χ4n) is 4.64. The molecule has 2 aromatic rings. The topological polar surface area (TPSA) is 88.6 Å². The molecule has 4 rings (SSSR count). The summed E-state index contributed by atoms with van der Waals surface area (Å²) in [4.78, 5) is 42.0. The van der Waals surface area contributed by atoms with Crippen LogP contribution in [0.15, 0.2) is 41.3 Å². The van der Waals surface area contributed by atoms with Crippen molar-refractivity contribution < 1.29 is 9.59 Å². The maximum absolute atomic E-state index is 12.9. The van der Waals surface area contributed by atoms with Crippen LogP contribution < -0.4 is 11.3 Å². The lowest BCUT2D eigenvalue weighted by molar-refractivity contribution is -0.133. The van der Waals surface area contributed by atoms with E-state index in [2.05, 4.69) is 11.9 Å². The van der Waals surface area contributed by atoms with E-state index >= 15 is 0 Å². The third kappa shape index (κ3) is 4.03. The Labute approximate surface area is 176 Å². The lowest BCUT2D eigenvalue weighted by Crippen LogP contribution is -2.42. The summed E-state index contributed by atoms with van der Waals surface area (Å²) in [6.07, 6.45) is 4.96. The molecule has 2 aliphatic rings. The van der Waals surface area contributed by atoms with E-state index in [1.807, 2.05) is 35.2 Å². The zero-order chi connectivity index (χ0) is 21.3. The van der Waals surface area contributed by atoms with Gasteiger partial charge in [0.1, 0.15) is 5.56 Å². The molecule has 1 atom stereocenters. The van der Waals surface area contributed by atoms with E-state index in [9.17, 15) is 14.4 Å². The summed E-state index contributed by atoms with van der Waals surface area (Å²) in [6, 6.07) is 9.90. The molecular weight excluding hydrogens is 380 g/mol. The molecule has 1 aromatic carbocycles. The number of nitrogens with zero attached hydrogens (tertiary/aromatic N) is 3. The Kier molecular flexibility index (Phi) is 5.72. The molecule has 3 heterocycles. The molecule has 1 saturated heterocycles. The number of hydrogen-bond acceptors (Lipinski definition) is 4. The first kappa shape index (κ1) is 20.3. The maximum Gasteiger partial charge on any atom is 0.264 e. The fourth-order valence-corrected chi connectivity index (χ4v) is 4.64. The van der Waals surface area contributed by atoms with Crippen LogP contribution in [0, 0.1) is 0 Å². The van der Waals surface area contributed by atoms with Crippen molar-refractivity contribution in [3.63, 3.8) is 0 Å². The second-order valence-corrected chi connectivity index (χ2v) is 8.34. The average molecular weight is 409 g/mol. The summed E-state index contributed by atoms with van der Waals surface area (Å²) < 4.78 is 1.53. The van der Waals surface area contributed by atoms with Crippen molar-refractivity contribution >= 4 is 11.8 Å². The van der Waals surface area contributed by atoms with Crippen molar-refractivity contribution in [2.24, 2.45) is 5.73 Å². The number of amides is 2. The number of aromatic nitrogens is 1. The molecule has 0 aliphatic carbocycles. The van der Waals surface area contributed by atoms with Crippen molar-refractivity contribution in [2.75, 3.05) is 20.1 Å². The van der Waals surface area contributed by atoms with E-state index in [4.69, 9.17) is 5.73 Å². The maximum atomic E-state index is 12.9. The van der Waals surface area contributed by atoms with Crippen LogP contribution in [0.4, 0.5) is 0 Å². The Bertz CT molecular complexity index is 1020. The molecule has 2 amide bonds. The van der Waals surface area contributed by atoms with E-state index in [0.717, 1.165) is 30.5 Å². The molecule has 0 saturated carbocycles. The first-order valence-corrected chi connectivity index (χ1v) is 10.5. The predicted octanol–water partition coefficient (Wildman–Crippen LogP) is 1.36. The van der Waals surface area contributed by atoms with Crippen LogP contribution in [0.2, 0.25) is 0 Å². The highest BCUT2D eigenvalue weighted by molar-refractivity contribution is 5.94. The number of carbonyl (C=O) groups excluding carboxylic acids is 2. The van der Waals surface area contributed by atoms with E-state index in [1.54, 1.807) is 6.20 Å². The van der Waals surface area contributed by atoms with Crippen LogP contribution >= 0.6 is 0 Å². The summed E-state index contributed by atoms with van der Waals surface area (Å²) in [5.74, 6) is -0.577. The first-order chi connectivity index (χ1) is 14.4. The largest absolute Gasteiger partial charge is 0.365 e. The van der Waals surface area contributed by atoms with E-state index in [1.165, 1.54) is 4.57 Å². The molecule has 1 fully saturated rings. The van der Waals surface area contributed by atoms with Crippen molar-refractivity contribution in [2.45, 2.75) is 44.8 Å². The van der Waals surface area contributed by atoms with Gasteiger partial charge >= 0.3 is 0 Å². The number of pyridine rings is 1. The van der Waals surface area contributed by atoms with Crippen molar-refractivity contribution in [3.05, 3.63) is 69.1 Å². The van der Waals surface area contributed by atoms with Crippen LogP contribution in [0.3, 0.4) is 0 Å². The standard InChI is InChI=1S/C23H28N4O3/c1-25-10-5-8-18(25)12-20(28)26-11-9-19-17(14-26)15-27(23(30)21(19)22(24)29)13-16-6-3-2-4-7-16/h2-4,6-7,15,18H,5,8-14H2,1H3,(H2,24,29). The average Bonchev–Trinajstić information content (AvgIpc) is 3.13. The fraction of sp³-hybridized carbons (Fsp3) is 0.435. The lowest BCUT2D eigenvalue weighted by Gasteiger charge is -2.31. The number of fused-ring (bicyclic) bond motifs is 1. The second kappa shape index (κ2) is 8.44. The highest BCUT2D eigenvalue weighted by atomic mass is 16.2. The zero-order valence-electron chi connectivity index (χ0n) is 17.3. The van der Waals surface area contributed by atoms with Gasteiger partial charge in [-0.25, -0.2) is 0 Å². The summed E-state index contributed by atoms with van der Waals surface area (Å²) in [7, 11) is 2.07. The van der Waals surface area contributed by atoms with Gasteiger partial charge in [0.05, 0.1) is 6.54 Å². The predicted molar refractivity (Wildman–Crippen MR) is 114 cm³/mol. The van der Waals surface area contributed by atoms with Gasteiger partial charge in [0.2, 0.25) is 5.91 Å². The monoisotopic (exact) mass is 408 g/mol. The zero-order valence-corrected chi connectivity index (χ0v) is 17.3. The molecule has 1 aromatic heterocycles. The van der Waals surface area contributed by atoms with Crippen LogP contribution in [0.25, 0.3) is 0 Å². The van der Waals surface area contributed by atoms with Crippen molar-refractivity contribution in [3.8, 4) is 0 Å². The number of benzene rings is 1.